The molecule has 1 amide bonds. The molecule has 0 aliphatic carbocycles. The summed E-state index contributed by atoms with van der Waals surface area (Å²) >= 11 is 0. The Hall–Kier alpha value is -2.30. The Balaban J connectivity index is 2.14. The number of hydrogen-bond acceptors (Lipinski definition) is 3. The van der Waals surface area contributed by atoms with Gasteiger partial charge in [-0.3, -0.25) is 9.89 Å². The van der Waals surface area contributed by atoms with Crippen LogP contribution in [0.1, 0.15) is 29.5 Å². The minimum absolute atomic E-state index is 0.252. The zero-order chi connectivity index (χ0) is 13.0. The molecular weight excluding hydrogens is 228 g/mol. The van der Waals surface area contributed by atoms with Gasteiger partial charge in [-0.2, -0.15) is 5.10 Å². The van der Waals surface area contributed by atoms with E-state index >= 15 is 0 Å². The Morgan fingerprint density at radius 1 is 1.39 bits per heavy atom. The maximum absolute atomic E-state index is 12.0. The number of nitrogens with one attached hydrogen (secondary N) is 2. The van der Waals surface area contributed by atoms with Crippen molar-refractivity contribution in [2.24, 2.45) is 0 Å². The standard InChI is InChI=1S/C13H16N4O/c1-2-6-10-11(14)12(17-16-10)13(18)15-9-7-4-3-5-8-9/h3-5,7-8H,2,6,14H2,1H3,(H,15,18)(H,16,17). The van der Waals surface area contributed by atoms with Gasteiger partial charge < -0.3 is 11.1 Å². The smallest absolute Gasteiger partial charge is 0.278 e. The van der Waals surface area contributed by atoms with Crippen molar-refractivity contribution in [2.75, 3.05) is 11.1 Å². The second-order valence-electron chi connectivity index (χ2n) is 4.03. The average Bonchev–Trinajstić information content (AvgIpc) is 2.73. The molecule has 1 aromatic heterocycles. The number of H-pyrrole nitrogens is 1. The number of hydrogen-bond donors (Lipinski definition) is 3. The van der Waals surface area contributed by atoms with E-state index in [0.29, 0.717) is 5.69 Å². The molecule has 1 heterocycles. The molecule has 0 bridgehead atoms. The number of anilines is 2. The van der Waals surface area contributed by atoms with Gasteiger partial charge in [0.2, 0.25) is 0 Å². The molecule has 1 aromatic carbocycles. The van der Waals surface area contributed by atoms with Crippen LogP contribution in [0.15, 0.2) is 30.3 Å². The number of nitrogens with zero attached hydrogens (tertiary/aromatic N) is 1. The second-order valence-corrected chi connectivity index (χ2v) is 4.03. The monoisotopic (exact) mass is 244 g/mol. The number of aromatic amines is 1. The van der Waals surface area contributed by atoms with Crippen molar-refractivity contribution >= 4 is 17.3 Å². The maximum atomic E-state index is 12.0. The maximum Gasteiger partial charge on any atom is 0.278 e. The molecule has 94 valence electrons. The molecule has 0 aliphatic heterocycles. The molecule has 0 saturated carbocycles. The topological polar surface area (TPSA) is 83.8 Å². The van der Waals surface area contributed by atoms with Gasteiger partial charge in [-0.1, -0.05) is 31.5 Å². The molecule has 0 radical (unpaired) electrons. The highest BCUT2D eigenvalue weighted by Gasteiger charge is 2.16. The molecule has 0 unspecified atom stereocenters. The van der Waals surface area contributed by atoms with Crippen LogP contribution in [0.4, 0.5) is 11.4 Å². The van der Waals surface area contributed by atoms with E-state index < -0.39 is 0 Å². The van der Waals surface area contributed by atoms with Crippen LogP contribution in [0.3, 0.4) is 0 Å². The van der Waals surface area contributed by atoms with Gasteiger partial charge in [-0.15, -0.1) is 0 Å². The molecule has 2 aromatic rings. The van der Waals surface area contributed by atoms with E-state index in [9.17, 15) is 4.79 Å². The van der Waals surface area contributed by atoms with Crippen molar-refractivity contribution in [1.29, 1.82) is 0 Å². The van der Waals surface area contributed by atoms with Crippen LogP contribution in [-0.2, 0) is 6.42 Å². The van der Waals surface area contributed by atoms with E-state index in [1.807, 2.05) is 37.3 Å². The fourth-order valence-corrected chi connectivity index (χ4v) is 1.71. The van der Waals surface area contributed by atoms with Crippen LogP contribution in [0.25, 0.3) is 0 Å². The van der Waals surface area contributed by atoms with Gasteiger partial charge in [0, 0.05) is 5.69 Å². The number of rotatable bonds is 4. The Labute approximate surface area is 105 Å². The molecule has 18 heavy (non-hydrogen) atoms. The summed E-state index contributed by atoms with van der Waals surface area (Å²) in [4.78, 5) is 12.0. The van der Waals surface area contributed by atoms with E-state index in [1.165, 1.54) is 0 Å². The number of nitrogen functional groups attached to an aromatic ring is 1. The van der Waals surface area contributed by atoms with Gasteiger partial charge in [0.1, 0.15) is 0 Å². The lowest BCUT2D eigenvalue weighted by atomic mass is 10.2. The van der Waals surface area contributed by atoms with Crippen molar-refractivity contribution < 1.29 is 4.79 Å². The Morgan fingerprint density at radius 2 is 2.11 bits per heavy atom. The molecule has 5 heteroatoms. The zero-order valence-electron chi connectivity index (χ0n) is 10.2. The number of para-hydroxylation sites is 1. The minimum Gasteiger partial charge on any atom is -0.395 e. The predicted octanol–water partition coefficient (Wildman–Crippen LogP) is 2.20. The third kappa shape index (κ3) is 2.51. The summed E-state index contributed by atoms with van der Waals surface area (Å²) in [5.74, 6) is -0.294. The molecule has 5 nitrogen and oxygen atoms in total. The Kier molecular flexibility index (Phi) is 3.62. The highest BCUT2D eigenvalue weighted by atomic mass is 16.2. The summed E-state index contributed by atoms with van der Waals surface area (Å²) in [7, 11) is 0. The van der Waals surface area contributed by atoms with Gasteiger partial charge in [-0.05, 0) is 18.6 Å². The fourth-order valence-electron chi connectivity index (χ4n) is 1.71. The summed E-state index contributed by atoms with van der Waals surface area (Å²) in [5.41, 5.74) is 8.12. The fraction of sp³-hybridized carbons (Fsp3) is 0.231. The van der Waals surface area contributed by atoms with Crippen molar-refractivity contribution in [3.8, 4) is 0 Å². The van der Waals surface area contributed by atoms with Gasteiger partial charge in [0.25, 0.3) is 5.91 Å². The van der Waals surface area contributed by atoms with Crippen molar-refractivity contribution in [2.45, 2.75) is 19.8 Å². The van der Waals surface area contributed by atoms with Crippen LogP contribution < -0.4 is 11.1 Å². The van der Waals surface area contributed by atoms with Crippen LogP contribution in [0.2, 0.25) is 0 Å². The first-order valence-electron chi connectivity index (χ1n) is 5.91. The molecule has 0 aliphatic rings. The number of carbonyl (C=O) groups is 1. The van der Waals surface area contributed by atoms with Crippen molar-refractivity contribution in [3.63, 3.8) is 0 Å². The lowest BCUT2D eigenvalue weighted by molar-refractivity contribution is 0.102. The van der Waals surface area contributed by atoms with E-state index in [2.05, 4.69) is 15.5 Å². The Morgan fingerprint density at radius 3 is 2.78 bits per heavy atom. The molecule has 0 atom stereocenters. The molecular formula is C13H16N4O. The summed E-state index contributed by atoms with van der Waals surface area (Å²) in [6, 6.07) is 9.22. The average molecular weight is 244 g/mol. The van der Waals surface area contributed by atoms with Crippen LogP contribution >= 0.6 is 0 Å². The largest absolute Gasteiger partial charge is 0.395 e. The number of aromatic nitrogens is 2. The highest BCUT2D eigenvalue weighted by molar-refractivity contribution is 6.06. The predicted molar refractivity (Wildman–Crippen MR) is 71.4 cm³/mol. The van der Waals surface area contributed by atoms with Crippen LogP contribution in [-0.4, -0.2) is 16.1 Å². The SMILES string of the molecule is CCCc1[nH]nc(C(=O)Nc2ccccc2)c1N. The molecule has 0 saturated heterocycles. The molecule has 0 fully saturated rings. The van der Waals surface area contributed by atoms with Gasteiger partial charge in [0.05, 0.1) is 11.4 Å². The van der Waals surface area contributed by atoms with Crippen LogP contribution in [0, 0.1) is 0 Å². The summed E-state index contributed by atoms with van der Waals surface area (Å²) in [5, 5.41) is 9.53. The quantitative estimate of drug-likeness (QED) is 0.770. The first-order valence-corrected chi connectivity index (χ1v) is 5.91. The summed E-state index contributed by atoms with van der Waals surface area (Å²) in [6.07, 6.45) is 1.74. The lowest BCUT2D eigenvalue weighted by Crippen LogP contribution is -2.14. The molecule has 4 N–H and O–H groups in total. The minimum atomic E-state index is -0.294. The van der Waals surface area contributed by atoms with Crippen molar-refractivity contribution in [1.82, 2.24) is 10.2 Å². The number of aryl methyl sites for hydroxylation is 1. The van der Waals surface area contributed by atoms with E-state index in [4.69, 9.17) is 5.73 Å². The molecule has 0 spiro atoms. The number of amides is 1. The normalized spacial score (nSPS) is 10.3. The van der Waals surface area contributed by atoms with Gasteiger partial charge >= 0.3 is 0 Å². The molecule has 2 rings (SSSR count). The third-order valence-electron chi connectivity index (χ3n) is 2.63. The Bertz CT molecular complexity index is 533. The zero-order valence-corrected chi connectivity index (χ0v) is 10.2. The summed E-state index contributed by atoms with van der Waals surface area (Å²) in [6.45, 7) is 2.05. The highest BCUT2D eigenvalue weighted by Crippen LogP contribution is 2.17. The number of nitrogens with two attached hydrogens (primary N) is 1. The summed E-state index contributed by atoms with van der Waals surface area (Å²) < 4.78 is 0. The van der Waals surface area contributed by atoms with E-state index in [1.54, 1.807) is 0 Å². The van der Waals surface area contributed by atoms with E-state index in [0.717, 1.165) is 24.2 Å². The second kappa shape index (κ2) is 5.35. The van der Waals surface area contributed by atoms with Crippen molar-refractivity contribution in [3.05, 3.63) is 41.7 Å². The number of benzene rings is 1. The lowest BCUT2D eigenvalue weighted by Gasteiger charge is -2.03. The first-order chi connectivity index (χ1) is 8.72. The van der Waals surface area contributed by atoms with Gasteiger partial charge in [-0.25, -0.2) is 0 Å². The number of carbonyl (C=O) groups excluding carboxylic acids is 1. The first kappa shape index (κ1) is 12.2. The van der Waals surface area contributed by atoms with E-state index in [-0.39, 0.29) is 11.6 Å². The van der Waals surface area contributed by atoms with Gasteiger partial charge in [0.15, 0.2) is 5.69 Å². The van der Waals surface area contributed by atoms with Crippen LogP contribution in [0.5, 0.6) is 0 Å². The third-order valence-corrected chi connectivity index (χ3v) is 2.63.